The summed E-state index contributed by atoms with van der Waals surface area (Å²) in [6.07, 6.45) is 3.33. The zero-order chi connectivity index (χ0) is 20.1. The maximum atomic E-state index is 13.1. The number of carbonyl (C=O) groups is 2. The number of hydrogen-bond acceptors (Lipinski definition) is 4. The van der Waals surface area contributed by atoms with Gasteiger partial charge in [-0.3, -0.25) is 9.59 Å². The second-order valence-electron chi connectivity index (χ2n) is 7.54. The van der Waals surface area contributed by atoms with Gasteiger partial charge in [-0.1, -0.05) is 24.6 Å². The number of nitrogens with one attached hydrogen (secondary N) is 1. The fourth-order valence-electron chi connectivity index (χ4n) is 3.58. The minimum Gasteiger partial charge on any atom is -0.356 e. The second kappa shape index (κ2) is 9.32. The predicted octanol–water partition coefficient (Wildman–Crippen LogP) is 3.85. The summed E-state index contributed by atoms with van der Waals surface area (Å²) in [5, 5.41) is 6.08. The maximum Gasteiger partial charge on any atom is 0.254 e. The van der Waals surface area contributed by atoms with E-state index in [1.807, 2.05) is 43.9 Å². The van der Waals surface area contributed by atoms with Crippen molar-refractivity contribution in [2.24, 2.45) is 0 Å². The summed E-state index contributed by atoms with van der Waals surface area (Å²) in [4.78, 5) is 31.2. The highest BCUT2D eigenvalue weighted by molar-refractivity contribution is 7.09. The summed E-state index contributed by atoms with van der Waals surface area (Å²) in [7, 11) is 0. The van der Waals surface area contributed by atoms with Crippen LogP contribution in [0.5, 0.6) is 0 Å². The van der Waals surface area contributed by atoms with E-state index in [9.17, 15) is 9.59 Å². The van der Waals surface area contributed by atoms with Crippen molar-refractivity contribution in [1.82, 2.24) is 15.2 Å². The molecular formula is C22H29N3O2S. The molecule has 0 bridgehead atoms. The van der Waals surface area contributed by atoms with Gasteiger partial charge in [0.05, 0.1) is 10.7 Å². The Hall–Kier alpha value is -2.21. The number of likely N-dealkylation sites (tertiary alicyclic amines) is 1. The molecule has 1 aliphatic rings. The first kappa shape index (κ1) is 20.5. The van der Waals surface area contributed by atoms with Gasteiger partial charge in [0.2, 0.25) is 5.91 Å². The number of aryl methyl sites for hydroxylation is 2. The number of amides is 2. The minimum absolute atomic E-state index is 0.0725. The summed E-state index contributed by atoms with van der Waals surface area (Å²) >= 11 is 1.67. The number of piperidine rings is 1. The second-order valence-corrected chi connectivity index (χ2v) is 8.43. The first-order valence-corrected chi connectivity index (χ1v) is 10.9. The van der Waals surface area contributed by atoms with Crippen LogP contribution < -0.4 is 5.32 Å². The molecule has 1 unspecified atom stereocenters. The van der Waals surface area contributed by atoms with E-state index in [1.165, 1.54) is 0 Å². The number of nitrogens with zero attached hydrogens (tertiary/aromatic N) is 2. The van der Waals surface area contributed by atoms with E-state index in [0.29, 0.717) is 18.9 Å². The molecule has 0 spiro atoms. The molecular weight excluding hydrogens is 370 g/mol. The molecule has 1 N–H and O–H groups in total. The standard InChI is InChI=1S/C22H29N3O2S/c1-4-20(26)23-10-9-18-14-28-21(24-18)17-6-5-11-25(13-17)22(27)19-12-15(2)7-8-16(19)3/h7-8,12,14,17H,4-6,9-11,13H2,1-3H3,(H,23,26). The van der Waals surface area contributed by atoms with Crippen LogP contribution in [0.25, 0.3) is 0 Å². The third-order valence-electron chi connectivity index (χ3n) is 5.28. The molecule has 28 heavy (non-hydrogen) atoms. The van der Waals surface area contributed by atoms with Gasteiger partial charge in [0, 0.05) is 49.3 Å². The molecule has 1 aromatic carbocycles. The molecule has 1 fully saturated rings. The van der Waals surface area contributed by atoms with Crippen molar-refractivity contribution in [3.63, 3.8) is 0 Å². The van der Waals surface area contributed by atoms with E-state index in [2.05, 4.69) is 10.7 Å². The first-order valence-electron chi connectivity index (χ1n) is 10.1. The molecule has 6 heteroatoms. The molecule has 150 valence electrons. The number of rotatable bonds is 6. The van der Waals surface area contributed by atoms with Crippen molar-refractivity contribution < 1.29 is 9.59 Å². The topological polar surface area (TPSA) is 62.3 Å². The Balaban J connectivity index is 1.63. The third-order valence-corrected chi connectivity index (χ3v) is 6.33. The summed E-state index contributed by atoms with van der Waals surface area (Å²) < 4.78 is 0. The van der Waals surface area contributed by atoms with Crippen LogP contribution in [0, 0.1) is 13.8 Å². The zero-order valence-electron chi connectivity index (χ0n) is 17.0. The highest BCUT2D eigenvalue weighted by Crippen LogP contribution is 2.30. The van der Waals surface area contributed by atoms with E-state index in [4.69, 9.17) is 4.98 Å². The lowest BCUT2D eigenvalue weighted by Gasteiger charge is -2.32. The normalized spacial score (nSPS) is 16.8. The van der Waals surface area contributed by atoms with Crippen LogP contribution in [-0.2, 0) is 11.2 Å². The highest BCUT2D eigenvalue weighted by atomic mass is 32.1. The van der Waals surface area contributed by atoms with Gasteiger partial charge in [0.25, 0.3) is 5.91 Å². The van der Waals surface area contributed by atoms with Crippen LogP contribution in [0.1, 0.15) is 64.3 Å². The van der Waals surface area contributed by atoms with Crippen molar-refractivity contribution >= 4 is 23.2 Å². The lowest BCUT2D eigenvalue weighted by molar-refractivity contribution is -0.120. The van der Waals surface area contributed by atoms with Gasteiger partial charge in [0.15, 0.2) is 0 Å². The predicted molar refractivity (Wildman–Crippen MR) is 113 cm³/mol. The summed E-state index contributed by atoms with van der Waals surface area (Å²) in [5.41, 5.74) is 3.98. The van der Waals surface area contributed by atoms with Gasteiger partial charge >= 0.3 is 0 Å². The van der Waals surface area contributed by atoms with Crippen molar-refractivity contribution in [3.8, 4) is 0 Å². The zero-order valence-corrected chi connectivity index (χ0v) is 17.8. The van der Waals surface area contributed by atoms with E-state index < -0.39 is 0 Å². The lowest BCUT2D eigenvalue weighted by atomic mass is 9.97. The van der Waals surface area contributed by atoms with E-state index in [-0.39, 0.29) is 11.8 Å². The molecule has 1 aliphatic heterocycles. The monoisotopic (exact) mass is 399 g/mol. The van der Waals surface area contributed by atoms with E-state index >= 15 is 0 Å². The van der Waals surface area contributed by atoms with Gasteiger partial charge in [-0.15, -0.1) is 11.3 Å². The molecule has 3 rings (SSSR count). The van der Waals surface area contributed by atoms with Crippen molar-refractivity contribution in [1.29, 1.82) is 0 Å². The quantitative estimate of drug-likeness (QED) is 0.803. The molecule has 2 amide bonds. The Morgan fingerprint density at radius 2 is 2.14 bits per heavy atom. The first-order chi connectivity index (χ1) is 13.5. The van der Waals surface area contributed by atoms with Crippen LogP contribution in [0.3, 0.4) is 0 Å². The molecule has 0 saturated carbocycles. The van der Waals surface area contributed by atoms with Gasteiger partial charge in [0.1, 0.15) is 0 Å². The fraction of sp³-hybridized carbons (Fsp3) is 0.500. The molecule has 1 saturated heterocycles. The molecule has 1 aromatic heterocycles. The summed E-state index contributed by atoms with van der Waals surface area (Å²) in [6, 6.07) is 6.06. The van der Waals surface area contributed by atoms with Gasteiger partial charge in [-0.25, -0.2) is 4.98 Å². The summed E-state index contributed by atoms with van der Waals surface area (Å²) in [6.45, 7) is 8.03. The number of hydrogen-bond donors (Lipinski definition) is 1. The van der Waals surface area contributed by atoms with Crippen molar-refractivity contribution in [2.75, 3.05) is 19.6 Å². The van der Waals surface area contributed by atoms with Crippen molar-refractivity contribution in [3.05, 3.63) is 51.0 Å². The Labute approximate surface area is 171 Å². The highest BCUT2D eigenvalue weighted by Gasteiger charge is 2.28. The van der Waals surface area contributed by atoms with Gasteiger partial charge in [-0.05, 0) is 38.3 Å². The molecule has 5 nitrogen and oxygen atoms in total. The molecule has 2 aromatic rings. The average molecular weight is 400 g/mol. The number of aromatic nitrogens is 1. The Morgan fingerprint density at radius 1 is 1.32 bits per heavy atom. The molecule has 1 atom stereocenters. The average Bonchev–Trinajstić information content (AvgIpc) is 3.18. The van der Waals surface area contributed by atoms with Gasteiger partial charge in [-0.2, -0.15) is 0 Å². The molecule has 0 aliphatic carbocycles. The smallest absolute Gasteiger partial charge is 0.254 e. The lowest BCUT2D eigenvalue weighted by Crippen LogP contribution is -2.39. The van der Waals surface area contributed by atoms with E-state index in [0.717, 1.165) is 59.7 Å². The SMILES string of the molecule is CCC(=O)NCCc1csc(C2CCCN(C(=O)c3cc(C)ccc3C)C2)n1. The Morgan fingerprint density at radius 3 is 2.93 bits per heavy atom. The third kappa shape index (κ3) is 4.98. The summed E-state index contributed by atoms with van der Waals surface area (Å²) in [5.74, 6) is 0.500. The largest absolute Gasteiger partial charge is 0.356 e. The van der Waals surface area contributed by atoms with Crippen LogP contribution in [-0.4, -0.2) is 41.3 Å². The number of carbonyl (C=O) groups excluding carboxylic acids is 2. The van der Waals surface area contributed by atoms with Crippen LogP contribution >= 0.6 is 11.3 Å². The van der Waals surface area contributed by atoms with Crippen LogP contribution in [0.4, 0.5) is 0 Å². The maximum absolute atomic E-state index is 13.1. The molecule has 2 heterocycles. The van der Waals surface area contributed by atoms with Crippen LogP contribution in [0.2, 0.25) is 0 Å². The number of benzene rings is 1. The van der Waals surface area contributed by atoms with Crippen molar-refractivity contribution in [2.45, 2.75) is 52.4 Å². The van der Waals surface area contributed by atoms with Crippen LogP contribution in [0.15, 0.2) is 23.6 Å². The molecule has 0 radical (unpaired) electrons. The Kier molecular flexibility index (Phi) is 6.83. The van der Waals surface area contributed by atoms with E-state index in [1.54, 1.807) is 11.3 Å². The minimum atomic E-state index is 0.0725. The Bertz CT molecular complexity index is 846. The van der Waals surface area contributed by atoms with Gasteiger partial charge < -0.3 is 10.2 Å². The fourth-order valence-corrected chi connectivity index (χ4v) is 4.56. The number of thiazole rings is 1.